The average Bonchev–Trinajstić information content (AvgIpc) is 3.50. The van der Waals surface area contributed by atoms with Crippen molar-refractivity contribution in [1.29, 1.82) is 0 Å². The van der Waals surface area contributed by atoms with Gasteiger partial charge in [0.15, 0.2) is 6.10 Å². The van der Waals surface area contributed by atoms with Gasteiger partial charge in [-0.05, 0) is 51.4 Å². The van der Waals surface area contributed by atoms with Gasteiger partial charge < -0.3 is 27.9 Å². The second kappa shape index (κ2) is 66.4. The Labute approximate surface area is 528 Å². The van der Waals surface area contributed by atoms with E-state index >= 15 is 0 Å². The molecular formula is C75H142NO8P. The van der Waals surface area contributed by atoms with Gasteiger partial charge in [-0.3, -0.25) is 14.2 Å². The van der Waals surface area contributed by atoms with Crippen LogP contribution >= 0.6 is 7.82 Å². The Morgan fingerprint density at radius 2 is 0.671 bits per heavy atom. The lowest BCUT2D eigenvalue weighted by Crippen LogP contribution is -2.37. The molecule has 0 radical (unpaired) electrons. The molecule has 0 aromatic heterocycles. The predicted molar refractivity (Wildman–Crippen MR) is 365 cm³/mol. The van der Waals surface area contributed by atoms with Crippen molar-refractivity contribution in [2.45, 2.75) is 373 Å². The van der Waals surface area contributed by atoms with Crippen LogP contribution in [0.5, 0.6) is 0 Å². The molecule has 10 heteroatoms. The molecule has 85 heavy (non-hydrogen) atoms. The Morgan fingerprint density at radius 3 is 1.00 bits per heavy atom. The Kier molecular flexibility index (Phi) is 64.8. The first kappa shape index (κ1) is 83.0. The predicted octanol–water partition coefficient (Wildman–Crippen LogP) is 23.4. The Balaban J connectivity index is 3.96. The first-order chi connectivity index (χ1) is 41.5. The molecule has 0 aliphatic rings. The van der Waals surface area contributed by atoms with Crippen LogP contribution in [0.2, 0.25) is 0 Å². The monoisotopic (exact) mass is 1220 g/mol. The highest BCUT2D eigenvalue weighted by molar-refractivity contribution is 7.45. The van der Waals surface area contributed by atoms with Gasteiger partial charge in [-0.15, -0.1) is 0 Å². The van der Waals surface area contributed by atoms with Gasteiger partial charge in [0.25, 0.3) is 7.82 Å². The minimum absolute atomic E-state index is 0.0287. The van der Waals surface area contributed by atoms with Gasteiger partial charge in [-0.25, -0.2) is 0 Å². The molecule has 9 nitrogen and oxygen atoms in total. The maximum absolute atomic E-state index is 12.9. The molecule has 0 aromatic rings. The normalized spacial score (nSPS) is 13.3. The van der Waals surface area contributed by atoms with Gasteiger partial charge in [0.1, 0.15) is 19.8 Å². The first-order valence-corrected chi connectivity index (χ1v) is 38.3. The number of likely N-dealkylation sites (N-methyl/N-ethyl adjacent to an activating group) is 1. The third-order valence-corrected chi connectivity index (χ3v) is 17.6. The van der Waals surface area contributed by atoms with E-state index in [0.717, 1.165) is 64.2 Å². The number of phosphoric acid groups is 1. The summed E-state index contributed by atoms with van der Waals surface area (Å²) in [7, 11) is 1.18. The van der Waals surface area contributed by atoms with E-state index in [4.69, 9.17) is 18.5 Å². The number of phosphoric ester groups is 1. The highest BCUT2D eigenvalue weighted by Gasteiger charge is 2.22. The van der Waals surface area contributed by atoms with Gasteiger partial charge in [0.05, 0.1) is 27.7 Å². The van der Waals surface area contributed by atoms with Crippen molar-refractivity contribution in [2.24, 2.45) is 0 Å². The van der Waals surface area contributed by atoms with Crippen molar-refractivity contribution in [3.63, 3.8) is 0 Å². The molecule has 0 aliphatic heterocycles. The Hall–Kier alpha value is -2.03. The largest absolute Gasteiger partial charge is 0.756 e. The van der Waals surface area contributed by atoms with Crippen molar-refractivity contribution in [2.75, 3.05) is 47.5 Å². The van der Waals surface area contributed by atoms with Gasteiger partial charge in [0.2, 0.25) is 0 Å². The number of allylic oxidation sites excluding steroid dienone is 8. The van der Waals surface area contributed by atoms with Crippen molar-refractivity contribution in [3.05, 3.63) is 48.6 Å². The molecular weight excluding hydrogens is 1070 g/mol. The van der Waals surface area contributed by atoms with Crippen molar-refractivity contribution in [3.8, 4) is 0 Å². The molecule has 0 rings (SSSR count). The minimum atomic E-state index is -4.64. The third-order valence-electron chi connectivity index (χ3n) is 16.6. The van der Waals surface area contributed by atoms with Gasteiger partial charge in [-0.2, -0.15) is 0 Å². The maximum Gasteiger partial charge on any atom is 0.306 e. The number of carbonyl (C=O) groups is 2. The second-order valence-corrected chi connectivity index (χ2v) is 27.7. The molecule has 0 aliphatic carbocycles. The number of hydrogen-bond donors (Lipinski definition) is 0. The molecule has 0 saturated heterocycles. The number of esters is 2. The summed E-state index contributed by atoms with van der Waals surface area (Å²) < 4.78 is 34.4. The zero-order valence-electron chi connectivity index (χ0n) is 57.1. The average molecular weight is 1220 g/mol. The van der Waals surface area contributed by atoms with E-state index in [-0.39, 0.29) is 32.0 Å². The first-order valence-electron chi connectivity index (χ1n) is 36.8. The summed E-state index contributed by atoms with van der Waals surface area (Å²) in [4.78, 5) is 38.1. The molecule has 0 spiro atoms. The number of quaternary nitrogens is 1. The molecule has 0 fully saturated rings. The fourth-order valence-corrected chi connectivity index (χ4v) is 11.7. The van der Waals surface area contributed by atoms with Crippen LogP contribution in [-0.4, -0.2) is 70.0 Å². The lowest BCUT2D eigenvalue weighted by atomic mass is 10.0. The van der Waals surface area contributed by atoms with Crippen LogP contribution in [0.4, 0.5) is 0 Å². The smallest absolute Gasteiger partial charge is 0.306 e. The number of carbonyl (C=O) groups excluding carboxylic acids is 2. The zero-order chi connectivity index (χ0) is 61.9. The summed E-state index contributed by atoms with van der Waals surface area (Å²) in [6.07, 6.45) is 86.4. The van der Waals surface area contributed by atoms with Crippen LogP contribution in [0.3, 0.4) is 0 Å². The molecule has 0 N–H and O–H groups in total. The molecule has 0 aromatic carbocycles. The summed E-state index contributed by atoms with van der Waals surface area (Å²) in [6, 6.07) is 0. The zero-order valence-corrected chi connectivity index (χ0v) is 58.0. The molecule has 500 valence electrons. The van der Waals surface area contributed by atoms with Crippen LogP contribution in [0.1, 0.15) is 367 Å². The van der Waals surface area contributed by atoms with E-state index in [2.05, 4.69) is 62.5 Å². The number of nitrogens with zero attached hydrogens (tertiary/aromatic N) is 1. The van der Waals surface area contributed by atoms with E-state index in [9.17, 15) is 19.0 Å². The highest BCUT2D eigenvalue weighted by Crippen LogP contribution is 2.38. The van der Waals surface area contributed by atoms with Crippen molar-refractivity contribution >= 4 is 19.8 Å². The quantitative estimate of drug-likeness (QED) is 0.0195. The summed E-state index contributed by atoms with van der Waals surface area (Å²) >= 11 is 0. The van der Waals surface area contributed by atoms with Crippen LogP contribution in [-0.2, 0) is 32.7 Å². The van der Waals surface area contributed by atoms with Crippen LogP contribution in [0.15, 0.2) is 48.6 Å². The van der Waals surface area contributed by atoms with E-state index in [1.54, 1.807) is 0 Å². The number of rotatable bonds is 69. The summed E-state index contributed by atoms with van der Waals surface area (Å²) in [5.41, 5.74) is 0. The molecule has 0 saturated carbocycles. The summed E-state index contributed by atoms with van der Waals surface area (Å²) in [5, 5.41) is 0. The molecule has 2 atom stereocenters. The summed E-state index contributed by atoms with van der Waals surface area (Å²) in [6.45, 7) is 4.20. The van der Waals surface area contributed by atoms with Gasteiger partial charge in [0, 0.05) is 12.8 Å². The fraction of sp³-hybridized carbons (Fsp3) is 0.867. The third kappa shape index (κ3) is 70.9. The number of unbranched alkanes of at least 4 members (excludes halogenated alkanes) is 47. The van der Waals surface area contributed by atoms with Crippen molar-refractivity contribution < 1.29 is 42.1 Å². The standard InChI is InChI=1S/C75H142NO8P/c1-6-8-10-12-14-16-18-20-22-24-26-28-30-32-34-36-37-38-40-41-43-45-47-49-51-53-55-57-59-61-63-65-67-74(77)81-71-73(72-83-85(79,80)82-70-69-76(3,4)5)84-75(78)68-66-64-62-60-58-56-54-52-50-48-46-44-42-39-35-33-31-29-27-25-23-21-19-17-15-13-11-9-7-2/h9,11,15,17,21,23,27,29,73H,6-8,10,12-14,16,18-20,22,24-26,28,30-72H2,1-5H3/b11-9-,17-15-,23-21-,29-27-. The number of hydrogen-bond acceptors (Lipinski definition) is 8. The van der Waals surface area contributed by atoms with Crippen LogP contribution in [0, 0.1) is 0 Å². The lowest BCUT2D eigenvalue weighted by molar-refractivity contribution is -0.870. The van der Waals surface area contributed by atoms with Crippen LogP contribution in [0.25, 0.3) is 0 Å². The van der Waals surface area contributed by atoms with E-state index in [1.807, 2.05) is 21.1 Å². The van der Waals surface area contributed by atoms with E-state index in [1.165, 1.54) is 270 Å². The Morgan fingerprint density at radius 1 is 0.376 bits per heavy atom. The molecule has 2 unspecified atom stereocenters. The maximum atomic E-state index is 12.9. The second-order valence-electron chi connectivity index (χ2n) is 26.3. The summed E-state index contributed by atoms with van der Waals surface area (Å²) in [5.74, 6) is -0.813. The fourth-order valence-electron chi connectivity index (χ4n) is 11.0. The SMILES string of the molecule is CC/C=C\C/C=C\C/C=C\C/C=C\CCCCCCCCCCCCCCCCCCC(=O)OC(COC(=O)CCCCCCCCCCCCCCCCCCCCCCCCCCCCCCCCCC)COP(=O)([O-])OCC[N+](C)(C)C. The van der Waals surface area contributed by atoms with Crippen molar-refractivity contribution in [1.82, 2.24) is 0 Å². The van der Waals surface area contributed by atoms with E-state index in [0.29, 0.717) is 17.4 Å². The highest BCUT2D eigenvalue weighted by atomic mass is 31.2. The minimum Gasteiger partial charge on any atom is -0.756 e. The molecule has 0 heterocycles. The Bertz CT molecular complexity index is 1570. The van der Waals surface area contributed by atoms with E-state index < -0.39 is 26.5 Å². The number of ether oxygens (including phenoxy) is 2. The van der Waals surface area contributed by atoms with Gasteiger partial charge >= 0.3 is 11.9 Å². The molecule has 0 bridgehead atoms. The lowest BCUT2D eigenvalue weighted by Gasteiger charge is -2.28. The topological polar surface area (TPSA) is 111 Å². The van der Waals surface area contributed by atoms with Gasteiger partial charge in [-0.1, -0.05) is 351 Å². The molecule has 0 amide bonds. The van der Waals surface area contributed by atoms with Crippen LogP contribution < -0.4 is 4.89 Å².